The van der Waals surface area contributed by atoms with Gasteiger partial charge >= 0.3 is 5.97 Å². The number of rotatable bonds is 7. The molecule has 0 bridgehead atoms. The van der Waals surface area contributed by atoms with E-state index in [1.165, 1.54) is 13.2 Å². The minimum Gasteiger partial charge on any atom is -0.488 e. The van der Waals surface area contributed by atoms with Crippen LogP contribution in [0.2, 0.25) is 18.1 Å². The molecule has 0 N–H and O–H groups in total. The highest BCUT2D eigenvalue weighted by molar-refractivity contribution is 6.74. The summed E-state index contributed by atoms with van der Waals surface area (Å²) in [5.74, 6) is 0.336. The summed E-state index contributed by atoms with van der Waals surface area (Å²) in [6.45, 7) is 13.7. The van der Waals surface area contributed by atoms with E-state index >= 15 is 0 Å². The predicted molar refractivity (Wildman–Crippen MR) is 101 cm³/mol. The lowest BCUT2D eigenvalue weighted by Crippen LogP contribution is -2.43. The normalized spacial score (nSPS) is 13.8. The van der Waals surface area contributed by atoms with Gasteiger partial charge in [0, 0.05) is 11.6 Å². The smallest absolute Gasteiger partial charge is 0.330 e. The van der Waals surface area contributed by atoms with Crippen LogP contribution < -0.4 is 4.74 Å². The van der Waals surface area contributed by atoms with Crippen molar-refractivity contribution in [3.63, 3.8) is 0 Å². The van der Waals surface area contributed by atoms with Gasteiger partial charge in [-0.1, -0.05) is 39.0 Å². The highest BCUT2D eigenvalue weighted by Gasteiger charge is 2.37. The van der Waals surface area contributed by atoms with Crippen LogP contribution in [0.3, 0.4) is 0 Å². The van der Waals surface area contributed by atoms with E-state index in [2.05, 4.69) is 38.6 Å². The highest BCUT2D eigenvalue weighted by Crippen LogP contribution is 2.36. The van der Waals surface area contributed by atoms with Crippen molar-refractivity contribution in [3.05, 3.63) is 35.9 Å². The van der Waals surface area contributed by atoms with Crippen molar-refractivity contribution >= 4 is 20.4 Å². The standard InChI is InChI=1S/C19H30O4Si/c1-15(14-22-24(6,7)19(2,3)4)23-17-11-9-8-10-16(17)12-13-18(20)21-5/h8-13,15H,14H2,1-7H3/t15-/m0/s1. The fourth-order valence-corrected chi connectivity index (χ4v) is 2.83. The average molecular weight is 351 g/mol. The highest BCUT2D eigenvalue weighted by atomic mass is 28.4. The number of hydrogen-bond donors (Lipinski definition) is 0. The Hall–Kier alpha value is -1.59. The molecular weight excluding hydrogens is 320 g/mol. The summed E-state index contributed by atoms with van der Waals surface area (Å²) < 4.78 is 16.8. The number of para-hydroxylation sites is 1. The average Bonchev–Trinajstić information content (AvgIpc) is 2.50. The number of benzene rings is 1. The van der Waals surface area contributed by atoms with Crippen LogP contribution in [0.4, 0.5) is 0 Å². The first-order valence-electron chi connectivity index (χ1n) is 8.22. The molecule has 1 aromatic carbocycles. The lowest BCUT2D eigenvalue weighted by Gasteiger charge is -2.37. The van der Waals surface area contributed by atoms with Gasteiger partial charge in [-0.05, 0) is 37.2 Å². The van der Waals surface area contributed by atoms with Crippen LogP contribution in [0.15, 0.2) is 30.3 Å². The van der Waals surface area contributed by atoms with Crippen molar-refractivity contribution in [1.29, 1.82) is 0 Å². The van der Waals surface area contributed by atoms with Gasteiger partial charge in [-0.25, -0.2) is 4.79 Å². The molecule has 4 nitrogen and oxygen atoms in total. The molecule has 0 saturated carbocycles. The zero-order valence-corrected chi connectivity index (χ0v) is 16.9. The van der Waals surface area contributed by atoms with E-state index in [4.69, 9.17) is 9.16 Å². The molecule has 1 rings (SSSR count). The summed E-state index contributed by atoms with van der Waals surface area (Å²) >= 11 is 0. The van der Waals surface area contributed by atoms with Gasteiger partial charge in [0.2, 0.25) is 0 Å². The lowest BCUT2D eigenvalue weighted by molar-refractivity contribution is -0.134. The van der Waals surface area contributed by atoms with E-state index in [-0.39, 0.29) is 17.1 Å². The van der Waals surface area contributed by atoms with Crippen LogP contribution >= 0.6 is 0 Å². The maximum Gasteiger partial charge on any atom is 0.330 e. The van der Waals surface area contributed by atoms with E-state index in [9.17, 15) is 4.79 Å². The molecule has 0 radical (unpaired) electrons. The van der Waals surface area contributed by atoms with Crippen molar-refractivity contribution in [1.82, 2.24) is 0 Å². The first-order chi connectivity index (χ1) is 11.1. The number of carbonyl (C=O) groups is 1. The van der Waals surface area contributed by atoms with Gasteiger partial charge in [0.1, 0.15) is 11.9 Å². The molecule has 0 amide bonds. The second kappa shape index (κ2) is 8.49. The van der Waals surface area contributed by atoms with Gasteiger partial charge in [-0.15, -0.1) is 0 Å². The minimum atomic E-state index is -1.79. The zero-order valence-electron chi connectivity index (χ0n) is 15.9. The van der Waals surface area contributed by atoms with Crippen LogP contribution in [0.5, 0.6) is 5.75 Å². The largest absolute Gasteiger partial charge is 0.488 e. The number of hydrogen-bond acceptors (Lipinski definition) is 4. The van der Waals surface area contributed by atoms with E-state index in [0.29, 0.717) is 6.61 Å². The van der Waals surface area contributed by atoms with Crippen LogP contribution in [0, 0.1) is 0 Å². The van der Waals surface area contributed by atoms with Crippen molar-refractivity contribution < 1.29 is 18.7 Å². The summed E-state index contributed by atoms with van der Waals surface area (Å²) in [5, 5.41) is 0.174. The van der Waals surface area contributed by atoms with Crippen molar-refractivity contribution in [3.8, 4) is 5.75 Å². The Morgan fingerprint density at radius 2 is 1.88 bits per heavy atom. The van der Waals surface area contributed by atoms with Crippen LogP contribution in [0.25, 0.3) is 6.08 Å². The van der Waals surface area contributed by atoms with Gasteiger partial charge in [-0.3, -0.25) is 0 Å². The minimum absolute atomic E-state index is 0.0770. The molecule has 0 aliphatic heterocycles. The molecule has 0 aliphatic rings. The molecular formula is C19H30O4Si. The Bertz CT molecular complexity index is 573. The van der Waals surface area contributed by atoms with E-state index < -0.39 is 8.32 Å². The van der Waals surface area contributed by atoms with E-state index in [0.717, 1.165) is 11.3 Å². The molecule has 1 aromatic rings. The third kappa shape index (κ3) is 6.13. The molecule has 5 heteroatoms. The molecule has 0 fully saturated rings. The summed E-state index contributed by atoms with van der Waals surface area (Å²) in [6.07, 6.45) is 3.01. The van der Waals surface area contributed by atoms with Gasteiger partial charge in [-0.2, -0.15) is 0 Å². The van der Waals surface area contributed by atoms with Crippen LogP contribution in [-0.4, -0.2) is 34.1 Å². The second-order valence-corrected chi connectivity index (χ2v) is 12.2. The molecule has 0 spiro atoms. The predicted octanol–water partition coefficient (Wildman–Crippen LogP) is 4.66. The Labute approximate surface area is 146 Å². The topological polar surface area (TPSA) is 44.8 Å². The van der Waals surface area contributed by atoms with Crippen molar-refractivity contribution in [2.75, 3.05) is 13.7 Å². The molecule has 1 atom stereocenters. The van der Waals surface area contributed by atoms with Gasteiger partial charge in [0.15, 0.2) is 8.32 Å². The van der Waals surface area contributed by atoms with Gasteiger partial charge in [0.25, 0.3) is 0 Å². The number of esters is 1. The number of ether oxygens (including phenoxy) is 2. The fraction of sp³-hybridized carbons (Fsp3) is 0.526. The Morgan fingerprint density at radius 3 is 2.46 bits per heavy atom. The quantitative estimate of drug-likeness (QED) is 0.407. The molecule has 0 saturated heterocycles. The van der Waals surface area contributed by atoms with Gasteiger partial charge in [0.05, 0.1) is 13.7 Å². The maximum absolute atomic E-state index is 11.3. The van der Waals surface area contributed by atoms with Crippen molar-refractivity contribution in [2.45, 2.75) is 51.9 Å². The van der Waals surface area contributed by atoms with Crippen molar-refractivity contribution in [2.24, 2.45) is 0 Å². The van der Waals surface area contributed by atoms with Crippen LogP contribution in [-0.2, 0) is 14.0 Å². The maximum atomic E-state index is 11.3. The van der Waals surface area contributed by atoms with Crippen LogP contribution in [0.1, 0.15) is 33.3 Å². The number of carbonyl (C=O) groups excluding carboxylic acids is 1. The summed E-state index contributed by atoms with van der Waals surface area (Å²) in [6, 6.07) is 7.60. The Kier molecular flexibility index (Phi) is 7.23. The third-order valence-corrected chi connectivity index (χ3v) is 8.83. The van der Waals surface area contributed by atoms with E-state index in [1.807, 2.05) is 31.2 Å². The second-order valence-electron chi connectivity index (χ2n) is 7.39. The molecule has 0 unspecified atom stereocenters. The fourth-order valence-electron chi connectivity index (χ4n) is 1.74. The van der Waals surface area contributed by atoms with E-state index in [1.54, 1.807) is 6.08 Å². The molecule has 24 heavy (non-hydrogen) atoms. The lowest BCUT2D eigenvalue weighted by atomic mass is 10.2. The first-order valence-corrected chi connectivity index (χ1v) is 11.1. The molecule has 0 aromatic heterocycles. The Balaban J connectivity index is 2.73. The monoisotopic (exact) mass is 350 g/mol. The Morgan fingerprint density at radius 1 is 1.25 bits per heavy atom. The molecule has 0 heterocycles. The third-order valence-electron chi connectivity index (χ3n) is 4.33. The zero-order chi connectivity index (χ0) is 18.4. The molecule has 0 aliphatic carbocycles. The molecule has 134 valence electrons. The summed E-state index contributed by atoms with van der Waals surface area (Å²) in [5.41, 5.74) is 0.835. The first kappa shape index (κ1) is 20.5. The summed E-state index contributed by atoms with van der Waals surface area (Å²) in [4.78, 5) is 11.3. The SMILES string of the molecule is COC(=O)C=Cc1ccccc1O[C@@H](C)CO[Si](C)(C)C(C)(C)C. The van der Waals surface area contributed by atoms with Gasteiger partial charge < -0.3 is 13.9 Å². The summed E-state index contributed by atoms with van der Waals surface area (Å²) in [7, 11) is -0.432. The number of methoxy groups -OCH3 is 1.